The van der Waals surface area contributed by atoms with E-state index >= 15 is 0 Å². The van der Waals surface area contributed by atoms with Crippen LogP contribution in [0.25, 0.3) is 0 Å². The normalized spacial score (nSPS) is 49.1. The molecule has 1 spiro atoms. The fourth-order valence-electron chi connectivity index (χ4n) is 7.69. The predicted molar refractivity (Wildman–Crippen MR) is 115 cm³/mol. The van der Waals surface area contributed by atoms with E-state index in [9.17, 15) is 19.8 Å². The molecule has 1 aliphatic heterocycles. The lowest BCUT2D eigenvalue weighted by atomic mass is 9.60. The Bertz CT molecular complexity index is 896. The minimum absolute atomic E-state index is 0.00273. The highest BCUT2D eigenvalue weighted by atomic mass is 16.6. The van der Waals surface area contributed by atoms with Crippen LogP contribution in [0, 0.1) is 34.5 Å². The van der Waals surface area contributed by atoms with Crippen LogP contribution in [-0.2, 0) is 14.3 Å². The average molecular weight is 430 g/mol. The van der Waals surface area contributed by atoms with E-state index in [1.165, 1.54) is 0 Å². The zero-order chi connectivity index (χ0) is 22.5. The largest absolute Gasteiger partial charge is 0.455 e. The van der Waals surface area contributed by atoms with Crippen LogP contribution in [0.5, 0.6) is 0 Å². The van der Waals surface area contributed by atoms with Crippen LogP contribution in [-0.4, -0.2) is 45.9 Å². The number of ether oxygens (including phenoxy) is 1. The van der Waals surface area contributed by atoms with Gasteiger partial charge in [-0.2, -0.15) is 0 Å². The van der Waals surface area contributed by atoms with Gasteiger partial charge >= 0.3 is 5.97 Å². The summed E-state index contributed by atoms with van der Waals surface area (Å²) in [4.78, 5) is 26.9. The number of hydrogen-bond donors (Lipinski definition) is 3. The molecule has 4 bridgehead atoms. The minimum Gasteiger partial charge on any atom is -0.455 e. The Hall–Kier alpha value is -1.66. The maximum atomic E-state index is 13.9. The monoisotopic (exact) mass is 429 g/mol. The van der Waals surface area contributed by atoms with Crippen LogP contribution in [0.15, 0.2) is 23.8 Å². The topological polar surface area (TPSA) is 95.9 Å². The van der Waals surface area contributed by atoms with E-state index in [1.807, 2.05) is 13.0 Å². The fraction of sp³-hybridized carbons (Fsp3) is 0.760. The third kappa shape index (κ3) is 2.46. The number of aliphatic hydroxyl groups is 2. The van der Waals surface area contributed by atoms with Gasteiger partial charge in [-0.15, -0.1) is 0 Å². The second-order valence-corrected chi connectivity index (χ2v) is 11.2. The molecule has 3 N–H and O–H groups in total. The number of aliphatic hydroxyl groups excluding tert-OH is 1. The van der Waals surface area contributed by atoms with E-state index in [-0.39, 0.29) is 17.9 Å². The van der Waals surface area contributed by atoms with E-state index in [4.69, 9.17) is 4.74 Å². The van der Waals surface area contributed by atoms with Crippen molar-refractivity contribution < 1.29 is 24.5 Å². The van der Waals surface area contributed by atoms with Crippen LogP contribution >= 0.6 is 0 Å². The summed E-state index contributed by atoms with van der Waals surface area (Å²) in [6, 6.07) is -0.00273. The summed E-state index contributed by atoms with van der Waals surface area (Å²) in [5.74, 6) is -1.00. The Kier molecular flexibility index (Phi) is 4.41. The molecule has 0 aromatic carbocycles. The van der Waals surface area contributed by atoms with Gasteiger partial charge in [0, 0.05) is 12.0 Å². The smallest absolute Gasteiger partial charge is 0.315 e. The number of hydrogen-bond acceptors (Lipinski definition) is 5. The highest BCUT2D eigenvalue weighted by molar-refractivity contribution is 5.88. The molecule has 170 valence electrons. The van der Waals surface area contributed by atoms with Crippen molar-refractivity contribution in [2.75, 3.05) is 0 Å². The summed E-state index contributed by atoms with van der Waals surface area (Å²) >= 11 is 0. The molecule has 1 amide bonds. The molecule has 5 rings (SSSR count). The molecule has 6 nitrogen and oxygen atoms in total. The van der Waals surface area contributed by atoms with E-state index in [2.05, 4.69) is 25.7 Å². The minimum atomic E-state index is -1.15. The number of fused-ring (bicyclic) bond motifs is 6. The van der Waals surface area contributed by atoms with Gasteiger partial charge < -0.3 is 20.3 Å². The van der Waals surface area contributed by atoms with Gasteiger partial charge in [-0.25, -0.2) is 0 Å². The maximum absolute atomic E-state index is 13.9. The second kappa shape index (κ2) is 6.44. The van der Waals surface area contributed by atoms with Crippen molar-refractivity contribution in [1.29, 1.82) is 0 Å². The van der Waals surface area contributed by atoms with Crippen LogP contribution < -0.4 is 5.32 Å². The summed E-state index contributed by atoms with van der Waals surface area (Å²) in [6.07, 6.45) is 3.74. The van der Waals surface area contributed by atoms with Gasteiger partial charge in [0.2, 0.25) is 5.91 Å². The Morgan fingerprint density at radius 1 is 1.42 bits per heavy atom. The van der Waals surface area contributed by atoms with E-state index in [0.29, 0.717) is 25.2 Å². The highest BCUT2D eigenvalue weighted by Crippen LogP contribution is 2.74. The molecule has 0 aromatic rings. The van der Waals surface area contributed by atoms with Crippen molar-refractivity contribution in [1.82, 2.24) is 5.32 Å². The number of amides is 1. The molecule has 0 radical (unpaired) electrons. The van der Waals surface area contributed by atoms with Crippen LogP contribution in [0.3, 0.4) is 0 Å². The number of rotatable bonds is 4. The van der Waals surface area contributed by atoms with Crippen molar-refractivity contribution in [2.24, 2.45) is 34.5 Å². The molecule has 1 saturated heterocycles. The second-order valence-electron chi connectivity index (χ2n) is 11.2. The van der Waals surface area contributed by atoms with Gasteiger partial charge in [-0.1, -0.05) is 32.4 Å². The van der Waals surface area contributed by atoms with E-state index in [0.717, 1.165) is 24.0 Å². The van der Waals surface area contributed by atoms with Gasteiger partial charge in [0.25, 0.3) is 0 Å². The van der Waals surface area contributed by atoms with Crippen molar-refractivity contribution >= 4 is 11.9 Å². The Morgan fingerprint density at radius 3 is 2.81 bits per heavy atom. The third-order valence-electron chi connectivity index (χ3n) is 9.84. The first-order chi connectivity index (χ1) is 14.5. The summed E-state index contributed by atoms with van der Waals surface area (Å²) in [5, 5.41) is 25.5. The van der Waals surface area contributed by atoms with Gasteiger partial charge in [0.1, 0.15) is 17.6 Å². The molecular weight excluding hydrogens is 394 g/mol. The molecule has 3 saturated carbocycles. The molecule has 4 aliphatic carbocycles. The van der Waals surface area contributed by atoms with Gasteiger partial charge in [-0.3, -0.25) is 9.59 Å². The zero-order valence-electron chi connectivity index (χ0n) is 19.0. The lowest BCUT2D eigenvalue weighted by Gasteiger charge is -2.43. The standard InChI is InChI=1S/C25H35NO5/c1-6-12(2)14(4)26-21(28)19-18-15(9-17-20(27)23(18,5)22(29)31-17)16-7-8-25(30)11-24(16,19)10-13(25)3/h9,12,14,16-20,27,30H,3,6-8,10-11H2,1-2,4-5H3,(H,26,28)/t12-,14+,16-,17-,18+,19+,20-,23-,24-,25?/m0/s1. The quantitative estimate of drug-likeness (QED) is 0.471. The van der Waals surface area contributed by atoms with Crippen molar-refractivity contribution in [3.63, 3.8) is 0 Å². The van der Waals surface area contributed by atoms with E-state index in [1.54, 1.807) is 6.92 Å². The fourth-order valence-corrected chi connectivity index (χ4v) is 7.69. The van der Waals surface area contributed by atoms with Crippen LogP contribution in [0.1, 0.15) is 59.8 Å². The molecule has 31 heavy (non-hydrogen) atoms. The van der Waals surface area contributed by atoms with Crippen molar-refractivity contribution in [3.05, 3.63) is 23.8 Å². The molecule has 1 unspecified atom stereocenters. The highest BCUT2D eigenvalue weighted by Gasteiger charge is 2.75. The van der Waals surface area contributed by atoms with Crippen molar-refractivity contribution in [2.45, 2.75) is 83.6 Å². The summed E-state index contributed by atoms with van der Waals surface area (Å²) < 4.78 is 5.54. The Labute approximate surface area is 184 Å². The van der Waals surface area contributed by atoms with Crippen LogP contribution in [0.4, 0.5) is 0 Å². The lowest BCUT2D eigenvalue weighted by Crippen LogP contribution is -2.53. The summed E-state index contributed by atoms with van der Waals surface area (Å²) in [7, 11) is 0. The lowest BCUT2D eigenvalue weighted by molar-refractivity contribution is -0.151. The Balaban J connectivity index is 1.63. The van der Waals surface area contributed by atoms with Gasteiger partial charge in [0.15, 0.2) is 0 Å². The van der Waals surface area contributed by atoms with E-state index < -0.39 is 46.4 Å². The third-order valence-corrected chi connectivity index (χ3v) is 9.84. The predicted octanol–water partition coefficient (Wildman–Crippen LogP) is 2.49. The molecule has 6 heteroatoms. The average Bonchev–Trinajstić information content (AvgIpc) is 3.15. The van der Waals surface area contributed by atoms with Crippen LogP contribution in [0.2, 0.25) is 0 Å². The molecule has 5 aliphatic rings. The van der Waals surface area contributed by atoms with Gasteiger partial charge in [0.05, 0.1) is 11.5 Å². The number of nitrogens with one attached hydrogen (secondary N) is 1. The molecule has 0 aromatic heterocycles. The maximum Gasteiger partial charge on any atom is 0.315 e. The first-order valence-electron chi connectivity index (χ1n) is 11.8. The number of carbonyl (C=O) groups excluding carboxylic acids is 2. The molecule has 10 atom stereocenters. The molecular formula is C25H35NO5. The summed E-state index contributed by atoms with van der Waals surface area (Å²) in [6.45, 7) is 12.2. The molecule has 4 fully saturated rings. The first kappa shape index (κ1) is 21.2. The van der Waals surface area contributed by atoms with Crippen molar-refractivity contribution in [3.8, 4) is 0 Å². The number of carbonyl (C=O) groups is 2. The SMILES string of the molecule is C=C1C[C@]23CC1(O)CC[C@H]2C1=C[C@@H]2OC(=O)[C@@](C)([C@H]1[C@@H]3C(=O)N[C@H](C)[C@@H](C)CC)[C@H]2O. The Morgan fingerprint density at radius 2 is 2.13 bits per heavy atom. The zero-order valence-corrected chi connectivity index (χ0v) is 19.0. The first-order valence-corrected chi connectivity index (χ1v) is 11.8. The number of esters is 1. The molecule has 1 heterocycles. The van der Waals surface area contributed by atoms with Gasteiger partial charge in [-0.05, 0) is 68.4 Å². The summed E-state index contributed by atoms with van der Waals surface area (Å²) in [5.41, 5.74) is -0.667. The number of allylic oxidation sites excluding steroid dienone is 1.